The van der Waals surface area contributed by atoms with E-state index in [9.17, 15) is 0 Å². The average Bonchev–Trinajstić information content (AvgIpc) is 3.07. The molecule has 0 atom stereocenters. The third-order valence-corrected chi connectivity index (χ3v) is 15.8. The van der Waals surface area contributed by atoms with Crippen molar-refractivity contribution in [2.75, 3.05) is 199 Å². The van der Waals surface area contributed by atoms with E-state index in [2.05, 4.69) is 99.7 Å². The van der Waals surface area contributed by atoms with E-state index in [0.717, 1.165) is 0 Å². The van der Waals surface area contributed by atoms with Gasteiger partial charge in [-0.2, -0.15) is 0 Å². The topological polar surface area (TPSA) is 38.9 Å². The zero-order chi connectivity index (χ0) is 33.8. The average molecular weight is 834 g/mol. The number of likely N-dealkylation sites (N-methyl/N-ethyl adjacent to an activating group) is 6. The molecule has 0 saturated carbocycles. The molecule has 12 nitrogen and oxygen atoms in total. The van der Waals surface area contributed by atoms with Crippen LogP contribution in [0.3, 0.4) is 0 Å². The van der Waals surface area contributed by atoms with E-state index in [1.807, 2.05) is 0 Å². The van der Waals surface area contributed by atoms with Crippen LogP contribution in [0.2, 0.25) is 0 Å². The summed E-state index contributed by atoms with van der Waals surface area (Å²) in [6.07, 6.45) is 0. The van der Waals surface area contributed by atoms with Crippen LogP contribution in [0.1, 0.15) is 0 Å². The Morgan fingerprint density at radius 2 is 0.383 bits per heavy atom. The van der Waals surface area contributed by atoms with Crippen LogP contribution in [0.25, 0.3) is 0 Å². The fourth-order valence-electron chi connectivity index (χ4n) is 6.92. The van der Waals surface area contributed by atoms with Gasteiger partial charge in [-0.15, -0.1) is 0 Å². The first kappa shape index (κ1) is 41.4. The van der Waals surface area contributed by atoms with Crippen molar-refractivity contribution in [3.63, 3.8) is 0 Å². The van der Waals surface area contributed by atoms with E-state index in [4.69, 9.17) is 19.1 Å². The molecular weight excluding hydrogens is 768 g/mol. The van der Waals surface area contributed by atoms with Crippen molar-refractivity contribution in [2.24, 2.45) is 0 Å². The molecular formula is C30H66Cl2N12P2Pd. The van der Waals surface area contributed by atoms with Crippen LogP contribution >= 0.6 is 35.8 Å². The molecule has 6 heterocycles. The Bertz CT molecular complexity index is 661. The molecule has 0 aromatic heterocycles. The van der Waals surface area contributed by atoms with E-state index < -0.39 is 0 Å². The summed E-state index contributed by atoms with van der Waals surface area (Å²) in [7, 11) is 22.7. The van der Waals surface area contributed by atoms with Gasteiger partial charge in [0.25, 0.3) is 0 Å². The molecule has 0 N–H and O–H groups in total. The van der Waals surface area contributed by atoms with Crippen molar-refractivity contribution >= 4 is 35.8 Å². The molecule has 280 valence electrons. The Morgan fingerprint density at radius 1 is 0.277 bits per heavy atom. The normalized spacial score (nSPS) is 28.0. The van der Waals surface area contributed by atoms with Gasteiger partial charge in [0.2, 0.25) is 0 Å². The first-order valence-corrected chi connectivity index (χ1v) is 24.1. The molecule has 0 aliphatic carbocycles. The molecule has 0 bridgehead atoms. The van der Waals surface area contributed by atoms with Crippen LogP contribution in [0.4, 0.5) is 0 Å². The minimum atomic E-state index is -0.252. The van der Waals surface area contributed by atoms with Crippen molar-refractivity contribution in [3.05, 3.63) is 0 Å². The minimum absolute atomic E-state index is 0.106. The van der Waals surface area contributed by atoms with Crippen molar-refractivity contribution in [1.82, 2.24) is 57.4 Å². The van der Waals surface area contributed by atoms with Gasteiger partial charge in [0.05, 0.1) is 0 Å². The van der Waals surface area contributed by atoms with Crippen molar-refractivity contribution in [3.8, 4) is 0 Å². The first-order chi connectivity index (χ1) is 22.7. The van der Waals surface area contributed by atoms with Crippen LogP contribution in [-0.4, -0.2) is 257 Å². The van der Waals surface area contributed by atoms with E-state index in [1.54, 1.807) is 0 Å². The zero-order valence-electron chi connectivity index (χ0n) is 30.3. The molecule has 0 aromatic rings. The molecule has 47 heavy (non-hydrogen) atoms. The molecule has 0 aromatic carbocycles. The number of piperazine rings is 6. The summed E-state index contributed by atoms with van der Waals surface area (Å²) in [5, 5.41) is 0. The van der Waals surface area contributed by atoms with E-state index in [-0.39, 0.29) is 32.7 Å². The third-order valence-electron chi connectivity index (χ3n) is 10.4. The Balaban J connectivity index is 0.000000197. The fourth-order valence-corrected chi connectivity index (χ4v) is 12.3. The zero-order valence-corrected chi connectivity index (χ0v) is 35.2. The second-order valence-corrected chi connectivity index (χ2v) is 21.0. The van der Waals surface area contributed by atoms with Gasteiger partial charge >= 0.3 is 35.0 Å². The molecule has 6 aliphatic heterocycles. The predicted octanol–water partition coefficient (Wildman–Crippen LogP) is 1.29. The summed E-state index contributed by atoms with van der Waals surface area (Å²) >= 11 is -0.106. The van der Waals surface area contributed by atoms with Gasteiger partial charge in [0.15, 0.2) is 0 Å². The van der Waals surface area contributed by atoms with Gasteiger partial charge in [-0.3, -0.25) is 28.0 Å². The standard InChI is InChI=1S/2C15H33N6P.2ClH.Pd/c2*1-16-4-10-19(11-5-16)22(20-12-6-17(2)7-13-20)21-14-8-18(3)9-15-21;;;/h2*4-15H2,1-3H3;2*1H;/q;;;;+2/p-2. The summed E-state index contributed by atoms with van der Waals surface area (Å²) in [6, 6.07) is 0. The second kappa shape index (κ2) is 22.0. The van der Waals surface area contributed by atoms with Crippen LogP contribution in [0, 0.1) is 0 Å². The molecule has 17 heteroatoms. The first-order valence-electron chi connectivity index (χ1n) is 17.7. The molecule has 0 amide bonds. The van der Waals surface area contributed by atoms with Gasteiger partial charge < -0.3 is 29.4 Å². The van der Waals surface area contributed by atoms with Crippen LogP contribution in [0.5, 0.6) is 0 Å². The van der Waals surface area contributed by atoms with Crippen molar-refractivity contribution in [2.45, 2.75) is 0 Å². The Morgan fingerprint density at radius 3 is 0.489 bits per heavy atom. The van der Waals surface area contributed by atoms with Gasteiger partial charge in [0, 0.05) is 157 Å². The Labute approximate surface area is 307 Å². The van der Waals surface area contributed by atoms with E-state index in [1.165, 1.54) is 157 Å². The molecule has 6 aliphatic rings. The number of rotatable bonds is 6. The van der Waals surface area contributed by atoms with E-state index >= 15 is 0 Å². The number of hydrogen-bond acceptors (Lipinski definition) is 12. The number of hydrogen-bond donors (Lipinski definition) is 0. The monoisotopic (exact) mass is 832 g/mol. The number of halogens is 2. The molecule has 6 rings (SSSR count). The van der Waals surface area contributed by atoms with Gasteiger partial charge in [-0.1, -0.05) is 0 Å². The predicted molar refractivity (Wildman–Crippen MR) is 200 cm³/mol. The molecule has 6 fully saturated rings. The molecule has 0 unspecified atom stereocenters. The fraction of sp³-hybridized carbons (Fsp3) is 1.00. The summed E-state index contributed by atoms with van der Waals surface area (Å²) in [5.74, 6) is 0. The van der Waals surface area contributed by atoms with Crippen LogP contribution in [0.15, 0.2) is 0 Å². The van der Waals surface area contributed by atoms with Crippen molar-refractivity contribution < 1.29 is 15.9 Å². The van der Waals surface area contributed by atoms with Crippen molar-refractivity contribution in [1.29, 1.82) is 0 Å². The summed E-state index contributed by atoms with van der Waals surface area (Å²) in [6.45, 7) is 29.5. The maximum absolute atomic E-state index is 4.81. The van der Waals surface area contributed by atoms with Gasteiger partial charge in [-0.05, 0) is 42.3 Å². The third kappa shape index (κ3) is 13.5. The van der Waals surface area contributed by atoms with Crippen LogP contribution in [-0.2, 0) is 15.9 Å². The van der Waals surface area contributed by atoms with E-state index in [0.29, 0.717) is 0 Å². The van der Waals surface area contributed by atoms with Crippen LogP contribution < -0.4 is 0 Å². The molecule has 0 radical (unpaired) electrons. The summed E-state index contributed by atoms with van der Waals surface area (Å²) in [5.41, 5.74) is 0. The second-order valence-electron chi connectivity index (χ2n) is 14.1. The quantitative estimate of drug-likeness (QED) is 0.287. The number of nitrogens with zero attached hydrogens (tertiary/aromatic N) is 12. The maximum atomic E-state index is 4.81. The van der Waals surface area contributed by atoms with Gasteiger partial charge in [0.1, 0.15) is 16.7 Å². The SMILES string of the molecule is CN1CCN(P(N2CCN(C)CC2)N2CCN(C)CC2)CC1.CN1CCN(P(N2CCN(C)CC2)N2CCN(C)CC2)CC1.[Cl][Pd][Cl]. The Kier molecular flexibility index (Phi) is 19.4. The Hall–Kier alpha value is 1.62. The molecule has 6 saturated heterocycles. The van der Waals surface area contributed by atoms with Gasteiger partial charge in [-0.25, -0.2) is 0 Å². The summed E-state index contributed by atoms with van der Waals surface area (Å²) < 4.78 is 16.8. The molecule has 0 spiro atoms. The summed E-state index contributed by atoms with van der Waals surface area (Å²) in [4.78, 5) is 14.8.